The van der Waals surface area contributed by atoms with E-state index in [1.165, 1.54) is 0 Å². The maximum Gasteiger partial charge on any atom is 0.407 e. The Balaban J connectivity index is 2.56. The van der Waals surface area contributed by atoms with E-state index in [1.807, 2.05) is 0 Å². The van der Waals surface area contributed by atoms with Crippen LogP contribution in [0.3, 0.4) is 0 Å². The second-order valence-electron chi connectivity index (χ2n) is 5.93. The lowest BCUT2D eigenvalue weighted by atomic mass is 10.0. The average Bonchev–Trinajstić information content (AvgIpc) is 2.42. The number of alkyl carbamates (subject to hydrolysis) is 1. The van der Waals surface area contributed by atoms with Gasteiger partial charge in [-0.3, -0.25) is 5.41 Å². The number of ether oxygens (including phenoxy) is 1. The molecule has 22 heavy (non-hydrogen) atoms. The van der Waals surface area contributed by atoms with E-state index in [1.54, 1.807) is 45.0 Å². The van der Waals surface area contributed by atoms with E-state index in [0.717, 1.165) is 0 Å². The molecule has 7 heteroatoms. The van der Waals surface area contributed by atoms with Crippen LogP contribution in [0.1, 0.15) is 38.0 Å². The fourth-order valence-corrected chi connectivity index (χ4v) is 1.70. The van der Waals surface area contributed by atoms with Gasteiger partial charge in [0.05, 0.1) is 0 Å². The zero-order valence-electron chi connectivity index (χ0n) is 13.0. The Morgan fingerprint density at radius 3 is 2.32 bits per heavy atom. The van der Waals surface area contributed by atoms with Crippen molar-refractivity contribution in [3.63, 3.8) is 0 Å². The van der Waals surface area contributed by atoms with E-state index >= 15 is 0 Å². The molecule has 0 spiro atoms. The molecule has 1 aromatic carbocycles. The Kier molecular flexibility index (Phi) is 5.90. The molecule has 0 fully saturated rings. The lowest BCUT2D eigenvalue weighted by Gasteiger charge is -2.22. The summed E-state index contributed by atoms with van der Waals surface area (Å²) in [5.41, 5.74) is 5.70. The van der Waals surface area contributed by atoms with Gasteiger partial charge in [-0.2, -0.15) is 0 Å². The first-order valence-corrected chi connectivity index (χ1v) is 6.87. The van der Waals surface area contributed by atoms with Crippen LogP contribution in [0.4, 0.5) is 4.79 Å². The highest BCUT2D eigenvalue weighted by atomic mass is 16.6. The highest BCUT2D eigenvalue weighted by Crippen LogP contribution is 2.17. The van der Waals surface area contributed by atoms with Crippen molar-refractivity contribution in [2.45, 2.75) is 38.6 Å². The number of carbonyl (C=O) groups excluding carboxylic acids is 1. The molecule has 1 rings (SSSR count). The number of benzene rings is 1. The SMILES string of the molecule is CC(C)(C)OC(=O)NCC(O)C(O)c1ccc(C(=N)N)cc1. The van der Waals surface area contributed by atoms with Gasteiger partial charge >= 0.3 is 6.09 Å². The number of amidine groups is 1. The summed E-state index contributed by atoms with van der Waals surface area (Å²) in [6.07, 6.45) is -3.02. The molecule has 0 saturated heterocycles. The van der Waals surface area contributed by atoms with Crippen LogP contribution in [0.15, 0.2) is 24.3 Å². The van der Waals surface area contributed by atoms with E-state index in [2.05, 4.69) is 5.32 Å². The van der Waals surface area contributed by atoms with Crippen molar-refractivity contribution < 1.29 is 19.7 Å². The standard InChI is InChI=1S/C15H23N3O4/c1-15(2,3)22-14(21)18-8-11(19)12(20)9-4-6-10(7-5-9)13(16)17/h4-7,11-12,19-20H,8H2,1-3H3,(H3,16,17)(H,18,21). The third-order valence-corrected chi connectivity index (χ3v) is 2.78. The topological polar surface area (TPSA) is 129 Å². The molecule has 1 amide bonds. The van der Waals surface area contributed by atoms with Crippen LogP contribution in [0, 0.1) is 5.41 Å². The van der Waals surface area contributed by atoms with Crippen molar-refractivity contribution >= 4 is 11.9 Å². The highest BCUT2D eigenvalue weighted by Gasteiger charge is 2.21. The molecule has 0 radical (unpaired) electrons. The second kappa shape index (κ2) is 7.24. The molecule has 7 nitrogen and oxygen atoms in total. The van der Waals surface area contributed by atoms with Crippen LogP contribution in [0.25, 0.3) is 0 Å². The Bertz CT molecular complexity index is 523. The third kappa shape index (κ3) is 5.71. The predicted octanol–water partition coefficient (Wildman–Crippen LogP) is 0.890. The average molecular weight is 309 g/mol. The van der Waals surface area contributed by atoms with Crippen molar-refractivity contribution in [1.82, 2.24) is 5.32 Å². The van der Waals surface area contributed by atoms with Crippen LogP contribution < -0.4 is 11.1 Å². The molecule has 2 unspecified atom stereocenters. The number of aliphatic hydroxyl groups is 2. The summed E-state index contributed by atoms with van der Waals surface area (Å²) in [6.45, 7) is 5.04. The van der Waals surface area contributed by atoms with E-state index in [-0.39, 0.29) is 12.4 Å². The van der Waals surface area contributed by atoms with Crippen LogP contribution in [-0.4, -0.2) is 40.4 Å². The van der Waals surface area contributed by atoms with Gasteiger partial charge in [0.1, 0.15) is 23.6 Å². The number of hydrogen-bond acceptors (Lipinski definition) is 5. The molecule has 0 bridgehead atoms. The van der Waals surface area contributed by atoms with E-state index in [4.69, 9.17) is 15.9 Å². The number of nitrogens with one attached hydrogen (secondary N) is 2. The number of rotatable bonds is 5. The van der Waals surface area contributed by atoms with Gasteiger partial charge in [-0.15, -0.1) is 0 Å². The minimum absolute atomic E-state index is 0.0758. The summed E-state index contributed by atoms with van der Waals surface area (Å²) in [4.78, 5) is 11.5. The molecule has 1 aromatic rings. The second-order valence-corrected chi connectivity index (χ2v) is 5.93. The van der Waals surface area contributed by atoms with E-state index in [9.17, 15) is 15.0 Å². The van der Waals surface area contributed by atoms with Gasteiger partial charge in [-0.25, -0.2) is 4.79 Å². The van der Waals surface area contributed by atoms with Crippen LogP contribution in [0.2, 0.25) is 0 Å². The molecule has 0 heterocycles. The molecule has 6 N–H and O–H groups in total. The molecular weight excluding hydrogens is 286 g/mol. The van der Waals surface area contributed by atoms with E-state index in [0.29, 0.717) is 11.1 Å². The molecule has 0 saturated carbocycles. The normalized spacial score (nSPS) is 14.0. The van der Waals surface area contributed by atoms with Crippen molar-refractivity contribution in [3.05, 3.63) is 35.4 Å². The Morgan fingerprint density at radius 1 is 1.32 bits per heavy atom. The molecular formula is C15H23N3O4. The first kappa shape index (κ1) is 17.9. The molecule has 2 atom stereocenters. The molecule has 122 valence electrons. The molecule has 0 aliphatic rings. The van der Waals surface area contributed by atoms with Gasteiger partial charge in [0.25, 0.3) is 0 Å². The van der Waals surface area contributed by atoms with Crippen LogP contribution in [0.5, 0.6) is 0 Å². The monoisotopic (exact) mass is 309 g/mol. The fraction of sp³-hybridized carbons (Fsp3) is 0.467. The van der Waals surface area contributed by atoms with E-state index < -0.39 is 23.9 Å². The van der Waals surface area contributed by atoms with Crippen LogP contribution >= 0.6 is 0 Å². The Morgan fingerprint density at radius 2 is 1.86 bits per heavy atom. The summed E-state index contributed by atoms with van der Waals surface area (Å²) >= 11 is 0. The van der Waals surface area contributed by atoms with Gasteiger partial charge in [-0.1, -0.05) is 24.3 Å². The molecule has 0 aliphatic carbocycles. The number of carbonyl (C=O) groups is 1. The number of hydrogen-bond donors (Lipinski definition) is 5. The third-order valence-electron chi connectivity index (χ3n) is 2.78. The molecule has 0 aromatic heterocycles. The zero-order chi connectivity index (χ0) is 16.9. The number of aliphatic hydroxyl groups excluding tert-OH is 2. The predicted molar refractivity (Wildman–Crippen MR) is 82.7 cm³/mol. The quantitative estimate of drug-likeness (QED) is 0.407. The summed E-state index contributed by atoms with van der Waals surface area (Å²) in [7, 11) is 0. The minimum Gasteiger partial charge on any atom is -0.444 e. The largest absolute Gasteiger partial charge is 0.444 e. The first-order valence-electron chi connectivity index (χ1n) is 6.87. The number of amides is 1. The summed E-state index contributed by atoms with van der Waals surface area (Å²) in [5.74, 6) is -0.0758. The van der Waals surface area contributed by atoms with Gasteiger partial charge < -0.3 is 26.0 Å². The lowest BCUT2D eigenvalue weighted by Crippen LogP contribution is -2.38. The van der Waals surface area contributed by atoms with Crippen molar-refractivity contribution in [2.75, 3.05) is 6.54 Å². The summed E-state index contributed by atoms with van der Waals surface area (Å²) in [6, 6.07) is 6.29. The number of nitrogens with two attached hydrogens (primary N) is 1. The Labute approximate surface area is 129 Å². The van der Waals surface area contributed by atoms with Gasteiger partial charge in [0.2, 0.25) is 0 Å². The lowest BCUT2D eigenvalue weighted by molar-refractivity contribution is 0.0129. The van der Waals surface area contributed by atoms with Crippen LogP contribution in [-0.2, 0) is 4.74 Å². The fourth-order valence-electron chi connectivity index (χ4n) is 1.70. The smallest absolute Gasteiger partial charge is 0.407 e. The molecule has 0 aliphatic heterocycles. The van der Waals surface area contributed by atoms with Gasteiger partial charge in [0.15, 0.2) is 0 Å². The van der Waals surface area contributed by atoms with Gasteiger partial charge in [-0.05, 0) is 26.3 Å². The van der Waals surface area contributed by atoms with Crippen molar-refractivity contribution in [1.29, 1.82) is 5.41 Å². The van der Waals surface area contributed by atoms with Gasteiger partial charge in [0, 0.05) is 12.1 Å². The van der Waals surface area contributed by atoms with Crippen molar-refractivity contribution in [2.24, 2.45) is 5.73 Å². The number of nitrogen functional groups attached to an aromatic ring is 1. The first-order chi connectivity index (χ1) is 10.1. The summed E-state index contributed by atoms with van der Waals surface area (Å²) < 4.78 is 5.04. The maximum atomic E-state index is 11.5. The summed E-state index contributed by atoms with van der Waals surface area (Å²) in [5, 5.41) is 29.6. The maximum absolute atomic E-state index is 11.5. The minimum atomic E-state index is -1.18. The Hall–Kier alpha value is -2.12. The van der Waals surface area contributed by atoms with Crippen molar-refractivity contribution in [3.8, 4) is 0 Å². The highest BCUT2D eigenvalue weighted by molar-refractivity contribution is 5.94. The zero-order valence-corrected chi connectivity index (χ0v) is 13.0.